The number of ketones is 1. The van der Waals surface area contributed by atoms with Gasteiger partial charge in [0.15, 0.2) is 11.4 Å². The molecule has 3 aromatic carbocycles. The molecule has 0 fully saturated rings. The van der Waals surface area contributed by atoms with Gasteiger partial charge in [-0.05, 0) is 36.4 Å². The van der Waals surface area contributed by atoms with Crippen molar-refractivity contribution in [2.24, 2.45) is 0 Å². The first-order chi connectivity index (χ1) is 19.3. The Morgan fingerprint density at radius 2 is 1.46 bits per heavy atom. The van der Waals surface area contributed by atoms with E-state index in [-0.39, 0.29) is 33.7 Å². The second kappa shape index (κ2) is 9.97. The summed E-state index contributed by atoms with van der Waals surface area (Å²) in [5, 5.41) is -0.206. The van der Waals surface area contributed by atoms with Crippen LogP contribution in [0.15, 0.2) is 83.0 Å². The molecule has 16 heteroatoms. The maximum absolute atomic E-state index is 14.4. The lowest BCUT2D eigenvalue weighted by Gasteiger charge is -2.10. The highest BCUT2D eigenvalue weighted by Crippen LogP contribution is 2.31. The van der Waals surface area contributed by atoms with Crippen molar-refractivity contribution >= 4 is 48.4 Å². The summed E-state index contributed by atoms with van der Waals surface area (Å²) in [5.41, 5.74) is 4.86. The van der Waals surface area contributed by atoms with Crippen LogP contribution in [0, 0.1) is 23.3 Å². The molecule has 0 amide bonds. The summed E-state index contributed by atoms with van der Waals surface area (Å²) in [6.07, 6.45) is 1.75. The van der Waals surface area contributed by atoms with Crippen molar-refractivity contribution in [2.45, 2.75) is 9.79 Å². The molecular formula is C25H15F4N5O5S2. The lowest BCUT2D eigenvalue weighted by Crippen LogP contribution is -2.15. The number of carbonyl (C=O) groups is 1. The van der Waals surface area contributed by atoms with Gasteiger partial charge in [0.1, 0.15) is 45.2 Å². The van der Waals surface area contributed by atoms with Gasteiger partial charge in [0.05, 0.1) is 10.9 Å². The van der Waals surface area contributed by atoms with Crippen LogP contribution in [0.1, 0.15) is 15.9 Å². The van der Waals surface area contributed by atoms with E-state index in [1.807, 2.05) is 0 Å². The van der Waals surface area contributed by atoms with Gasteiger partial charge in [-0.2, -0.15) is 0 Å². The average Bonchev–Trinajstić information content (AvgIpc) is 3.29. The first kappa shape index (κ1) is 27.7. The molecule has 0 saturated heterocycles. The average molecular weight is 606 g/mol. The fraction of sp³-hybridized carbons (Fsp3) is 0. The highest BCUT2D eigenvalue weighted by atomic mass is 32.2. The maximum atomic E-state index is 14.4. The standard InChI is InChI=1S/C25H15F4N5O5S2/c26-14-4-6-20(18(28)9-14)40(36,37)33-16-3-1-2-13(8-16)23(35)17-11-34(25-22(17)24(30)31-12-32-25)41(38,39)21-7-5-15(27)10-19(21)29/h1-12,33H,(H2,30,31,32). The molecule has 0 unspecified atom stereocenters. The normalized spacial score (nSPS) is 12.0. The molecule has 0 aliphatic carbocycles. The van der Waals surface area contributed by atoms with Crippen molar-refractivity contribution in [1.82, 2.24) is 13.9 Å². The number of anilines is 2. The summed E-state index contributed by atoms with van der Waals surface area (Å²) < 4.78 is 110. The number of nitrogens with one attached hydrogen (secondary N) is 1. The second-order valence-corrected chi connectivity index (χ2v) is 11.9. The third-order valence-corrected chi connectivity index (χ3v) is 8.91. The fourth-order valence-corrected chi connectivity index (χ4v) is 6.46. The molecule has 0 aliphatic heterocycles. The third-order valence-electron chi connectivity index (χ3n) is 5.82. The fourth-order valence-electron chi connectivity index (χ4n) is 3.99. The lowest BCUT2D eigenvalue weighted by molar-refractivity contribution is 0.104. The van der Waals surface area contributed by atoms with Gasteiger partial charge in [-0.25, -0.2) is 48.3 Å². The Morgan fingerprint density at radius 1 is 0.829 bits per heavy atom. The van der Waals surface area contributed by atoms with E-state index in [9.17, 15) is 39.2 Å². The molecule has 0 radical (unpaired) electrons. The Balaban J connectivity index is 1.58. The largest absolute Gasteiger partial charge is 0.383 e. The number of fused-ring (bicyclic) bond motifs is 1. The van der Waals surface area contributed by atoms with Crippen LogP contribution < -0.4 is 10.5 Å². The molecule has 2 heterocycles. The summed E-state index contributed by atoms with van der Waals surface area (Å²) in [6, 6.07) is 8.58. The number of nitrogens with two attached hydrogens (primary N) is 1. The van der Waals surface area contributed by atoms with Crippen LogP contribution in [0.5, 0.6) is 0 Å². The number of hydrogen-bond donors (Lipinski definition) is 2. The van der Waals surface area contributed by atoms with Crippen molar-refractivity contribution in [3.8, 4) is 0 Å². The summed E-state index contributed by atoms with van der Waals surface area (Å²) >= 11 is 0. The molecule has 0 bridgehead atoms. The first-order valence-corrected chi connectivity index (χ1v) is 14.2. The molecule has 5 aromatic rings. The van der Waals surface area contributed by atoms with Gasteiger partial charge in [0.25, 0.3) is 20.0 Å². The van der Waals surface area contributed by atoms with Crippen LogP contribution in [-0.4, -0.2) is 36.6 Å². The summed E-state index contributed by atoms with van der Waals surface area (Å²) in [5.74, 6) is -5.89. The molecule has 0 aliphatic rings. The number of sulfonamides is 1. The van der Waals surface area contributed by atoms with Gasteiger partial charge in [-0.3, -0.25) is 9.52 Å². The van der Waals surface area contributed by atoms with E-state index in [4.69, 9.17) is 5.73 Å². The second-order valence-electron chi connectivity index (χ2n) is 8.47. The Bertz CT molecular complexity index is 2100. The van der Waals surface area contributed by atoms with Crippen LogP contribution in [0.4, 0.5) is 29.1 Å². The minimum absolute atomic E-state index is 0.169. The zero-order chi connectivity index (χ0) is 29.7. The van der Waals surface area contributed by atoms with Gasteiger partial charge in [-0.1, -0.05) is 12.1 Å². The van der Waals surface area contributed by atoms with Crippen LogP contribution in [0.25, 0.3) is 11.0 Å². The Morgan fingerprint density at radius 3 is 2.10 bits per heavy atom. The number of halogens is 4. The molecule has 3 N–H and O–H groups in total. The van der Waals surface area contributed by atoms with E-state index < -0.39 is 58.9 Å². The van der Waals surface area contributed by atoms with E-state index in [1.54, 1.807) is 0 Å². The number of hydrogen-bond acceptors (Lipinski definition) is 8. The quantitative estimate of drug-likeness (QED) is 0.210. The molecule has 41 heavy (non-hydrogen) atoms. The van der Waals surface area contributed by atoms with Gasteiger partial charge in [0.2, 0.25) is 0 Å². The highest BCUT2D eigenvalue weighted by molar-refractivity contribution is 7.92. The van der Waals surface area contributed by atoms with E-state index in [0.717, 1.165) is 36.8 Å². The lowest BCUT2D eigenvalue weighted by atomic mass is 10.0. The molecule has 2 aromatic heterocycles. The SMILES string of the molecule is Nc1ncnc2c1c(C(=O)c1cccc(NS(=O)(=O)c3ccc(F)cc3F)c1)cn2S(=O)(=O)c1ccc(F)cc1F. The number of carbonyl (C=O) groups excluding carboxylic acids is 1. The number of nitrogen functional groups attached to an aromatic ring is 1. The van der Waals surface area contributed by atoms with E-state index in [0.29, 0.717) is 22.2 Å². The van der Waals surface area contributed by atoms with Gasteiger partial charge in [-0.15, -0.1) is 0 Å². The summed E-state index contributed by atoms with van der Waals surface area (Å²) in [7, 11) is -9.32. The monoisotopic (exact) mass is 605 g/mol. The van der Waals surface area contributed by atoms with Gasteiger partial charge in [0, 0.05) is 29.6 Å². The van der Waals surface area contributed by atoms with Crippen molar-refractivity contribution in [2.75, 3.05) is 10.5 Å². The van der Waals surface area contributed by atoms with Crippen LogP contribution in [-0.2, 0) is 20.0 Å². The smallest absolute Gasteiger partial charge is 0.272 e. The molecule has 0 atom stereocenters. The Hall–Kier alpha value is -4.83. The third kappa shape index (κ3) is 4.98. The van der Waals surface area contributed by atoms with Gasteiger partial charge >= 0.3 is 0 Å². The zero-order valence-electron chi connectivity index (χ0n) is 20.2. The van der Waals surface area contributed by atoms with Crippen molar-refractivity contribution in [3.05, 3.63) is 108 Å². The predicted molar refractivity (Wildman–Crippen MR) is 138 cm³/mol. The maximum Gasteiger partial charge on any atom is 0.272 e. The zero-order valence-corrected chi connectivity index (χ0v) is 21.8. The van der Waals surface area contributed by atoms with E-state index in [2.05, 4.69) is 14.7 Å². The number of aromatic nitrogens is 3. The minimum Gasteiger partial charge on any atom is -0.383 e. The molecule has 0 saturated carbocycles. The molecular weight excluding hydrogens is 590 g/mol. The predicted octanol–water partition coefficient (Wildman–Crippen LogP) is 3.84. The highest BCUT2D eigenvalue weighted by Gasteiger charge is 2.29. The summed E-state index contributed by atoms with van der Waals surface area (Å²) in [6.45, 7) is 0. The molecule has 10 nitrogen and oxygen atoms in total. The Kier molecular flexibility index (Phi) is 6.74. The number of nitrogens with zero attached hydrogens (tertiary/aromatic N) is 3. The van der Waals surface area contributed by atoms with Crippen molar-refractivity contribution in [3.63, 3.8) is 0 Å². The topological polar surface area (TPSA) is 154 Å². The van der Waals surface area contributed by atoms with Gasteiger partial charge < -0.3 is 5.73 Å². The van der Waals surface area contributed by atoms with E-state index >= 15 is 0 Å². The molecule has 0 spiro atoms. The number of benzene rings is 3. The first-order valence-electron chi connectivity index (χ1n) is 11.2. The Labute approximate surface area is 229 Å². The number of rotatable bonds is 7. The minimum atomic E-state index is -4.77. The van der Waals surface area contributed by atoms with Crippen molar-refractivity contribution < 1.29 is 39.2 Å². The van der Waals surface area contributed by atoms with Crippen LogP contribution >= 0.6 is 0 Å². The van der Waals surface area contributed by atoms with Crippen molar-refractivity contribution in [1.29, 1.82) is 0 Å². The molecule has 210 valence electrons. The van der Waals surface area contributed by atoms with E-state index in [1.165, 1.54) is 18.2 Å². The summed E-state index contributed by atoms with van der Waals surface area (Å²) in [4.78, 5) is 19.5. The molecule has 5 rings (SSSR count). The van der Waals surface area contributed by atoms with Crippen LogP contribution in [0.3, 0.4) is 0 Å². The van der Waals surface area contributed by atoms with Crippen LogP contribution in [0.2, 0.25) is 0 Å².